The molecule has 0 atom stereocenters. The molecule has 0 radical (unpaired) electrons. The minimum Gasteiger partial charge on any atom is -0.314 e. The highest BCUT2D eigenvalue weighted by molar-refractivity contribution is 7.07. The lowest BCUT2D eigenvalue weighted by Crippen LogP contribution is -2.29. The molecule has 1 aromatic heterocycles. The van der Waals surface area contributed by atoms with Crippen LogP contribution in [-0.4, -0.2) is 30.1 Å². The Balaban J connectivity index is 1.39. The van der Waals surface area contributed by atoms with E-state index in [1.54, 1.807) is 0 Å². The summed E-state index contributed by atoms with van der Waals surface area (Å²) in [7, 11) is 0. The highest BCUT2D eigenvalue weighted by Gasteiger charge is 2.28. The van der Waals surface area contributed by atoms with E-state index in [1.807, 2.05) is 11.3 Å². The van der Waals surface area contributed by atoms with Gasteiger partial charge in [-0.15, -0.1) is 0 Å². The number of nitrogens with zero attached hydrogens (tertiary/aromatic N) is 1. The molecule has 17 heavy (non-hydrogen) atoms. The summed E-state index contributed by atoms with van der Waals surface area (Å²) in [5.41, 5.74) is 1.50. The Hall–Kier alpha value is -0.380. The Kier molecular flexibility index (Phi) is 3.79. The maximum absolute atomic E-state index is 3.61. The number of hydrogen-bond acceptors (Lipinski definition) is 3. The van der Waals surface area contributed by atoms with Crippen LogP contribution in [0.2, 0.25) is 0 Å². The Labute approximate surface area is 108 Å². The first-order valence-electron chi connectivity index (χ1n) is 6.90. The smallest absolute Gasteiger partial charge is 0.0244 e. The van der Waals surface area contributed by atoms with Crippen molar-refractivity contribution in [2.75, 3.05) is 13.1 Å². The number of thiophene rings is 1. The molecule has 1 aromatic rings. The monoisotopic (exact) mass is 250 g/mol. The maximum Gasteiger partial charge on any atom is 0.0244 e. The van der Waals surface area contributed by atoms with Crippen LogP contribution in [0, 0.1) is 0 Å². The number of nitrogens with one attached hydrogen (secondary N) is 1. The molecule has 2 saturated carbocycles. The first-order chi connectivity index (χ1) is 8.42. The minimum atomic E-state index is 0.862. The molecule has 0 unspecified atom stereocenters. The fourth-order valence-corrected chi connectivity index (χ4v) is 2.98. The second kappa shape index (κ2) is 5.51. The third-order valence-electron chi connectivity index (χ3n) is 3.66. The van der Waals surface area contributed by atoms with Gasteiger partial charge in [0.15, 0.2) is 0 Å². The molecule has 0 aromatic carbocycles. The van der Waals surface area contributed by atoms with Crippen LogP contribution in [-0.2, 0) is 6.54 Å². The van der Waals surface area contributed by atoms with Crippen LogP contribution in [0.4, 0.5) is 0 Å². The normalized spacial score (nSPS) is 20.1. The quantitative estimate of drug-likeness (QED) is 0.714. The topological polar surface area (TPSA) is 15.3 Å². The predicted molar refractivity (Wildman–Crippen MR) is 73.4 cm³/mol. The summed E-state index contributed by atoms with van der Waals surface area (Å²) in [6.07, 6.45) is 6.94. The summed E-state index contributed by atoms with van der Waals surface area (Å²) in [4.78, 5) is 2.68. The van der Waals surface area contributed by atoms with Gasteiger partial charge in [0.25, 0.3) is 0 Å². The Morgan fingerprint density at radius 3 is 2.82 bits per heavy atom. The van der Waals surface area contributed by atoms with Gasteiger partial charge in [0.05, 0.1) is 0 Å². The number of hydrogen-bond donors (Lipinski definition) is 1. The van der Waals surface area contributed by atoms with Gasteiger partial charge in [-0.25, -0.2) is 0 Å². The maximum atomic E-state index is 3.61. The largest absolute Gasteiger partial charge is 0.314 e. The van der Waals surface area contributed by atoms with Gasteiger partial charge < -0.3 is 5.32 Å². The fraction of sp³-hybridized carbons (Fsp3) is 0.714. The van der Waals surface area contributed by atoms with E-state index in [0.717, 1.165) is 18.6 Å². The van der Waals surface area contributed by atoms with Crippen molar-refractivity contribution in [1.82, 2.24) is 10.2 Å². The first kappa shape index (κ1) is 11.7. The molecule has 3 rings (SSSR count). The van der Waals surface area contributed by atoms with Gasteiger partial charge in [0.2, 0.25) is 0 Å². The van der Waals surface area contributed by atoms with Crippen molar-refractivity contribution in [2.45, 2.75) is 50.7 Å². The lowest BCUT2D eigenvalue weighted by atomic mass is 10.3. The van der Waals surface area contributed by atoms with Gasteiger partial charge in [-0.2, -0.15) is 11.3 Å². The molecule has 2 aliphatic carbocycles. The molecular weight excluding hydrogens is 228 g/mol. The van der Waals surface area contributed by atoms with E-state index < -0.39 is 0 Å². The molecule has 2 nitrogen and oxygen atoms in total. The van der Waals surface area contributed by atoms with Crippen molar-refractivity contribution in [3.05, 3.63) is 22.4 Å². The standard InChI is InChI=1S/C14H22N2S/c1(7-15-13-2-3-13)8-16(14-4-5-14)10-12-6-9-17-11-12/h6,9,11,13-15H,1-5,7-8,10H2. The fourth-order valence-electron chi connectivity index (χ4n) is 2.32. The second-order valence-electron chi connectivity index (χ2n) is 5.42. The summed E-state index contributed by atoms with van der Waals surface area (Å²) in [5.74, 6) is 0. The Morgan fingerprint density at radius 1 is 1.29 bits per heavy atom. The van der Waals surface area contributed by atoms with Crippen molar-refractivity contribution >= 4 is 11.3 Å². The van der Waals surface area contributed by atoms with Gasteiger partial charge >= 0.3 is 0 Å². The van der Waals surface area contributed by atoms with Crippen LogP contribution in [0.5, 0.6) is 0 Å². The lowest BCUT2D eigenvalue weighted by molar-refractivity contribution is 0.250. The van der Waals surface area contributed by atoms with E-state index >= 15 is 0 Å². The SMILES string of the molecule is c1cc(CN(CCCNC2CC2)C2CC2)cs1. The van der Waals surface area contributed by atoms with Crippen LogP contribution in [0.25, 0.3) is 0 Å². The third kappa shape index (κ3) is 3.80. The zero-order valence-electron chi connectivity index (χ0n) is 10.4. The van der Waals surface area contributed by atoms with Gasteiger partial charge in [0, 0.05) is 18.6 Å². The summed E-state index contributed by atoms with van der Waals surface area (Å²) >= 11 is 1.82. The Morgan fingerprint density at radius 2 is 2.18 bits per heavy atom. The second-order valence-corrected chi connectivity index (χ2v) is 6.20. The zero-order chi connectivity index (χ0) is 11.5. The minimum absolute atomic E-state index is 0.862. The van der Waals surface area contributed by atoms with Gasteiger partial charge in [-0.05, 0) is 67.6 Å². The molecule has 0 aliphatic heterocycles. The molecule has 1 heterocycles. The zero-order valence-corrected chi connectivity index (χ0v) is 11.2. The van der Waals surface area contributed by atoms with Crippen molar-refractivity contribution in [2.24, 2.45) is 0 Å². The summed E-state index contributed by atoms with van der Waals surface area (Å²) in [6, 6.07) is 4.01. The molecule has 2 aliphatic rings. The van der Waals surface area contributed by atoms with Crippen LogP contribution in [0.3, 0.4) is 0 Å². The van der Waals surface area contributed by atoms with Crippen molar-refractivity contribution in [3.8, 4) is 0 Å². The molecule has 94 valence electrons. The van der Waals surface area contributed by atoms with E-state index in [1.165, 1.54) is 50.8 Å². The molecule has 0 saturated heterocycles. The van der Waals surface area contributed by atoms with E-state index in [2.05, 4.69) is 27.0 Å². The van der Waals surface area contributed by atoms with E-state index in [-0.39, 0.29) is 0 Å². The molecule has 2 fully saturated rings. The van der Waals surface area contributed by atoms with Crippen LogP contribution in [0.15, 0.2) is 16.8 Å². The molecule has 1 N–H and O–H groups in total. The van der Waals surface area contributed by atoms with Gasteiger partial charge in [0.1, 0.15) is 0 Å². The lowest BCUT2D eigenvalue weighted by Gasteiger charge is -2.21. The van der Waals surface area contributed by atoms with Crippen LogP contribution in [0.1, 0.15) is 37.7 Å². The number of rotatable bonds is 8. The molecular formula is C14H22N2S. The first-order valence-corrected chi connectivity index (χ1v) is 7.84. The van der Waals surface area contributed by atoms with Crippen LogP contribution < -0.4 is 5.32 Å². The van der Waals surface area contributed by atoms with E-state index in [4.69, 9.17) is 0 Å². The average Bonchev–Trinajstić information content (AvgIpc) is 3.24. The Bertz CT molecular complexity index is 328. The van der Waals surface area contributed by atoms with Gasteiger partial charge in [-0.1, -0.05) is 0 Å². The van der Waals surface area contributed by atoms with E-state index in [0.29, 0.717) is 0 Å². The van der Waals surface area contributed by atoms with Gasteiger partial charge in [-0.3, -0.25) is 4.90 Å². The van der Waals surface area contributed by atoms with Crippen molar-refractivity contribution < 1.29 is 0 Å². The summed E-state index contributed by atoms with van der Waals surface area (Å²) in [6.45, 7) is 3.63. The molecule has 3 heteroatoms. The third-order valence-corrected chi connectivity index (χ3v) is 4.39. The van der Waals surface area contributed by atoms with E-state index in [9.17, 15) is 0 Å². The molecule has 0 bridgehead atoms. The average molecular weight is 250 g/mol. The highest BCUT2D eigenvalue weighted by Crippen LogP contribution is 2.28. The molecule has 0 amide bonds. The van der Waals surface area contributed by atoms with Crippen LogP contribution >= 0.6 is 11.3 Å². The predicted octanol–water partition coefficient (Wildman–Crippen LogP) is 2.85. The van der Waals surface area contributed by atoms with Crippen molar-refractivity contribution in [3.63, 3.8) is 0 Å². The molecule has 0 spiro atoms. The highest BCUT2D eigenvalue weighted by atomic mass is 32.1. The summed E-state index contributed by atoms with van der Waals surface area (Å²) < 4.78 is 0. The van der Waals surface area contributed by atoms with Crippen molar-refractivity contribution in [1.29, 1.82) is 0 Å². The summed E-state index contributed by atoms with van der Waals surface area (Å²) in [5, 5.41) is 8.08.